The number of ether oxygens (including phenoxy) is 1. The highest BCUT2D eigenvalue weighted by atomic mass is 19.1. The molecular weight excluding hydrogens is 430 g/mol. The number of aryl methyl sites for hydroxylation is 1. The molecule has 0 atom stereocenters. The van der Waals surface area contributed by atoms with Crippen molar-refractivity contribution in [1.29, 1.82) is 0 Å². The van der Waals surface area contributed by atoms with Gasteiger partial charge in [-0.2, -0.15) is 0 Å². The van der Waals surface area contributed by atoms with Gasteiger partial charge in [0, 0.05) is 37.2 Å². The molecule has 9 heteroatoms. The van der Waals surface area contributed by atoms with Gasteiger partial charge in [0.05, 0.1) is 6.61 Å². The first-order valence-corrected chi connectivity index (χ1v) is 10.8. The summed E-state index contributed by atoms with van der Waals surface area (Å²) < 4.78 is 34.7. The van der Waals surface area contributed by atoms with Crippen LogP contribution in [0, 0.1) is 17.6 Å². The van der Waals surface area contributed by atoms with Crippen LogP contribution in [0.5, 0.6) is 5.75 Å². The molecule has 0 aliphatic carbocycles. The van der Waals surface area contributed by atoms with E-state index in [1.165, 1.54) is 18.3 Å². The lowest BCUT2D eigenvalue weighted by Crippen LogP contribution is -2.36. The first kappa shape index (κ1) is 22.6. The maximum Gasteiger partial charge on any atom is 0.354 e. The molecule has 4 rings (SSSR count). The largest absolute Gasteiger partial charge is 0.487 e. The maximum atomic E-state index is 14.6. The summed E-state index contributed by atoms with van der Waals surface area (Å²) >= 11 is 0. The van der Waals surface area contributed by atoms with E-state index in [1.807, 2.05) is 12.4 Å². The molecule has 1 aromatic carbocycles. The molecule has 3 heterocycles. The molecule has 0 amide bonds. The quantitative estimate of drug-likeness (QED) is 0.567. The van der Waals surface area contributed by atoms with Crippen molar-refractivity contribution in [1.82, 2.24) is 15.0 Å². The highest BCUT2D eigenvalue weighted by Gasteiger charge is 2.23. The minimum absolute atomic E-state index is 0.143. The van der Waals surface area contributed by atoms with E-state index in [9.17, 15) is 13.6 Å². The fourth-order valence-electron chi connectivity index (χ4n) is 3.75. The average Bonchev–Trinajstić information content (AvgIpc) is 2.84. The van der Waals surface area contributed by atoms with Crippen LogP contribution in [0.3, 0.4) is 0 Å². The van der Waals surface area contributed by atoms with Crippen molar-refractivity contribution in [2.45, 2.75) is 26.2 Å². The Balaban J connectivity index is 1.35. The zero-order valence-corrected chi connectivity index (χ0v) is 18.2. The van der Waals surface area contributed by atoms with Gasteiger partial charge in [0.2, 0.25) is 5.95 Å². The zero-order chi connectivity index (χ0) is 23.4. The van der Waals surface area contributed by atoms with Gasteiger partial charge in [0.15, 0.2) is 17.4 Å². The van der Waals surface area contributed by atoms with Crippen molar-refractivity contribution >= 4 is 11.9 Å². The van der Waals surface area contributed by atoms with Crippen molar-refractivity contribution in [3.63, 3.8) is 0 Å². The van der Waals surface area contributed by atoms with Gasteiger partial charge in [0.25, 0.3) is 0 Å². The lowest BCUT2D eigenvalue weighted by atomic mass is 9.98. The van der Waals surface area contributed by atoms with Crippen molar-refractivity contribution in [2.24, 2.45) is 5.92 Å². The van der Waals surface area contributed by atoms with Gasteiger partial charge in [-0.15, -0.1) is 0 Å². The average molecular weight is 454 g/mol. The number of carboxylic acids is 1. The molecule has 1 aliphatic heterocycles. The number of carboxylic acid groups (broad SMARTS) is 1. The topological polar surface area (TPSA) is 88.4 Å². The lowest BCUT2D eigenvalue weighted by Gasteiger charge is -2.31. The van der Waals surface area contributed by atoms with Crippen molar-refractivity contribution in [2.75, 3.05) is 24.6 Å². The predicted octanol–water partition coefficient (Wildman–Crippen LogP) is 4.37. The van der Waals surface area contributed by atoms with Gasteiger partial charge in [-0.05, 0) is 54.5 Å². The molecule has 172 valence electrons. The number of pyridine rings is 1. The number of anilines is 1. The normalized spacial score (nSPS) is 14.3. The van der Waals surface area contributed by atoms with Gasteiger partial charge in [-0.1, -0.05) is 13.0 Å². The molecule has 1 saturated heterocycles. The smallest absolute Gasteiger partial charge is 0.354 e. The Morgan fingerprint density at radius 1 is 1.06 bits per heavy atom. The van der Waals surface area contributed by atoms with Crippen LogP contribution in [-0.4, -0.2) is 45.7 Å². The van der Waals surface area contributed by atoms with Crippen LogP contribution in [-0.2, 0) is 6.42 Å². The minimum atomic E-state index is -1.17. The zero-order valence-electron chi connectivity index (χ0n) is 18.2. The second kappa shape index (κ2) is 9.89. The molecule has 0 radical (unpaired) electrons. The summed E-state index contributed by atoms with van der Waals surface area (Å²) in [7, 11) is 0. The second-order valence-corrected chi connectivity index (χ2v) is 7.99. The molecular formula is C24H24F2N4O3. The molecule has 33 heavy (non-hydrogen) atoms. The molecule has 0 spiro atoms. The van der Waals surface area contributed by atoms with Crippen LogP contribution in [0.4, 0.5) is 14.7 Å². The summed E-state index contributed by atoms with van der Waals surface area (Å²) in [5.41, 5.74) is 1.61. The monoisotopic (exact) mass is 454 g/mol. The Morgan fingerprint density at radius 2 is 1.73 bits per heavy atom. The molecule has 0 unspecified atom stereocenters. The standard InChI is InChI=1S/C24H24F2N4O3/c1-2-15-11-28-24(29-12-15)30-7-5-16(6-8-30)14-33-22-19(25)9-18(10-20(22)26)17-3-4-21(23(31)32)27-13-17/h3-4,9-13,16H,2,5-8,14H2,1H3,(H,31,32). The Labute approximate surface area is 190 Å². The highest BCUT2D eigenvalue weighted by molar-refractivity contribution is 5.85. The molecule has 7 nitrogen and oxygen atoms in total. The fraction of sp³-hybridized carbons (Fsp3) is 0.333. The second-order valence-electron chi connectivity index (χ2n) is 7.99. The maximum absolute atomic E-state index is 14.6. The number of hydrogen-bond acceptors (Lipinski definition) is 6. The van der Waals surface area contributed by atoms with Gasteiger partial charge < -0.3 is 14.7 Å². The van der Waals surface area contributed by atoms with Crippen molar-refractivity contribution < 1.29 is 23.4 Å². The van der Waals surface area contributed by atoms with E-state index in [0.717, 1.165) is 50.0 Å². The Kier molecular flexibility index (Phi) is 6.76. The number of benzene rings is 1. The number of hydrogen-bond donors (Lipinski definition) is 1. The molecule has 1 aliphatic rings. The predicted molar refractivity (Wildman–Crippen MR) is 118 cm³/mol. The van der Waals surface area contributed by atoms with Crippen LogP contribution in [0.25, 0.3) is 11.1 Å². The third-order valence-electron chi connectivity index (χ3n) is 5.77. The molecule has 0 saturated carbocycles. The Bertz CT molecular complexity index is 1090. The molecule has 2 aromatic heterocycles. The third-order valence-corrected chi connectivity index (χ3v) is 5.77. The number of halogens is 2. The summed E-state index contributed by atoms with van der Waals surface area (Å²) in [6.45, 7) is 3.77. The number of carbonyl (C=O) groups is 1. The van der Waals surface area contributed by atoms with Crippen LogP contribution >= 0.6 is 0 Å². The Morgan fingerprint density at radius 3 is 2.27 bits per heavy atom. The number of aromatic nitrogens is 3. The van der Waals surface area contributed by atoms with Gasteiger partial charge in [0.1, 0.15) is 5.69 Å². The molecule has 1 N–H and O–H groups in total. The number of nitrogens with zero attached hydrogens (tertiary/aromatic N) is 4. The van der Waals surface area contributed by atoms with E-state index in [1.54, 1.807) is 0 Å². The minimum Gasteiger partial charge on any atom is -0.487 e. The van der Waals surface area contributed by atoms with Crippen molar-refractivity contribution in [3.05, 3.63) is 65.7 Å². The van der Waals surface area contributed by atoms with Crippen LogP contribution in [0.1, 0.15) is 35.8 Å². The summed E-state index contributed by atoms with van der Waals surface area (Å²) in [6.07, 6.45) is 7.45. The summed E-state index contributed by atoms with van der Waals surface area (Å²) in [5.74, 6) is -2.33. The van der Waals surface area contributed by atoms with Crippen LogP contribution < -0.4 is 9.64 Å². The van der Waals surface area contributed by atoms with E-state index < -0.39 is 23.4 Å². The third kappa shape index (κ3) is 5.24. The lowest BCUT2D eigenvalue weighted by molar-refractivity contribution is 0.0690. The molecule has 0 bridgehead atoms. The Hall–Kier alpha value is -3.62. The summed E-state index contributed by atoms with van der Waals surface area (Å²) in [4.78, 5) is 25.6. The van der Waals surface area contributed by atoms with Gasteiger partial charge in [-0.25, -0.2) is 28.5 Å². The van der Waals surface area contributed by atoms with Crippen molar-refractivity contribution in [3.8, 4) is 16.9 Å². The SMILES string of the molecule is CCc1cnc(N2CCC(COc3c(F)cc(-c4ccc(C(=O)O)nc4)cc3F)CC2)nc1. The van der Waals surface area contributed by atoms with E-state index in [2.05, 4.69) is 26.8 Å². The van der Waals surface area contributed by atoms with Gasteiger partial charge >= 0.3 is 5.97 Å². The van der Waals surface area contributed by atoms with E-state index in [-0.39, 0.29) is 23.8 Å². The van der Waals surface area contributed by atoms with E-state index in [4.69, 9.17) is 9.84 Å². The summed E-state index contributed by atoms with van der Waals surface area (Å²) in [5, 5.41) is 8.92. The first-order chi connectivity index (χ1) is 15.9. The molecule has 3 aromatic rings. The fourth-order valence-corrected chi connectivity index (χ4v) is 3.75. The van der Waals surface area contributed by atoms with Gasteiger partial charge in [-0.3, -0.25) is 0 Å². The highest BCUT2D eigenvalue weighted by Crippen LogP contribution is 2.30. The van der Waals surface area contributed by atoms with E-state index in [0.29, 0.717) is 11.5 Å². The number of piperidine rings is 1. The molecule has 1 fully saturated rings. The number of rotatable bonds is 7. The summed E-state index contributed by atoms with van der Waals surface area (Å²) in [6, 6.07) is 5.07. The van der Waals surface area contributed by atoms with E-state index >= 15 is 0 Å². The first-order valence-electron chi connectivity index (χ1n) is 10.8. The van der Waals surface area contributed by atoms with Crippen LogP contribution in [0.15, 0.2) is 42.9 Å². The van der Waals surface area contributed by atoms with Crippen LogP contribution in [0.2, 0.25) is 0 Å². The number of aromatic carboxylic acids is 1.